The van der Waals surface area contributed by atoms with E-state index in [0.717, 1.165) is 22.0 Å². The van der Waals surface area contributed by atoms with Gasteiger partial charge in [0.15, 0.2) is 4.80 Å². The zero-order valence-corrected chi connectivity index (χ0v) is 25.1. The van der Waals surface area contributed by atoms with Crippen molar-refractivity contribution in [3.8, 4) is 5.75 Å². The summed E-state index contributed by atoms with van der Waals surface area (Å²) in [6.07, 6.45) is 4.95. The Labute approximate surface area is 241 Å². The molecule has 1 atom stereocenters. The van der Waals surface area contributed by atoms with Crippen molar-refractivity contribution in [2.24, 2.45) is 4.99 Å². The Hall–Kier alpha value is -3.23. The first-order chi connectivity index (χ1) is 18.8. The largest absolute Gasteiger partial charge is 0.488 e. The first-order valence-corrected chi connectivity index (χ1v) is 14.7. The molecule has 8 heteroatoms. The van der Waals surface area contributed by atoms with E-state index >= 15 is 0 Å². The van der Waals surface area contributed by atoms with Gasteiger partial charge in [0.05, 0.1) is 32.9 Å². The van der Waals surface area contributed by atoms with E-state index in [-0.39, 0.29) is 12.2 Å². The Bertz CT molecular complexity index is 1580. The molecule has 0 spiro atoms. The van der Waals surface area contributed by atoms with E-state index in [1.54, 1.807) is 17.6 Å². The maximum absolute atomic E-state index is 13.9. The number of fused-ring (bicyclic) bond motifs is 1. The number of hydrogen-bond acceptors (Lipinski definition) is 6. The summed E-state index contributed by atoms with van der Waals surface area (Å²) in [6, 6.07) is 13.2. The highest BCUT2D eigenvalue weighted by molar-refractivity contribution is 9.10. The minimum Gasteiger partial charge on any atom is -0.488 e. The number of thiazole rings is 1. The molecule has 204 valence electrons. The Morgan fingerprint density at radius 1 is 1.21 bits per heavy atom. The second-order valence-electron chi connectivity index (χ2n) is 9.52. The van der Waals surface area contributed by atoms with Crippen LogP contribution in [0.5, 0.6) is 5.75 Å². The molecule has 0 N–H and O–H groups in total. The minimum absolute atomic E-state index is 0.197. The Morgan fingerprint density at radius 2 is 1.95 bits per heavy atom. The van der Waals surface area contributed by atoms with Crippen molar-refractivity contribution >= 4 is 39.3 Å². The standard InChI is InChI=1S/C31H33BrN2O4S/c1-6-9-24-27(30(36)37-8-3)28(22-13-11-21(12-14-22)19(4)5)34-29(35)26(39-31(34)33-24)18-20-10-15-25(23(32)17-20)38-16-7-2/h7,10-15,17-19,28H,2,6,8-9,16H2,1,3-5H3/b26-18-/t28-/m1/s1. The number of hydrogen-bond donors (Lipinski definition) is 0. The monoisotopic (exact) mass is 608 g/mol. The van der Waals surface area contributed by atoms with Crippen molar-refractivity contribution < 1.29 is 14.3 Å². The lowest BCUT2D eigenvalue weighted by Crippen LogP contribution is -2.40. The van der Waals surface area contributed by atoms with E-state index < -0.39 is 12.0 Å². The Morgan fingerprint density at radius 3 is 2.56 bits per heavy atom. The molecule has 0 fully saturated rings. The zero-order chi connectivity index (χ0) is 28.1. The number of esters is 1. The molecule has 0 saturated heterocycles. The van der Waals surface area contributed by atoms with E-state index in [1.165, 1.54) is 16.9 Å². The van der Waals surface area contributed by atoms with Gasteiger partial charge in [0.2, 0.25) is 0 Å². The number of aromatic nitrogens is 1. The van der Waals surface area contributed by atoms with E-state index in [2.05, 4.69) is 48.5 Å². The summed E-state index contributed by atoms with van der Waals surface area (Å²) in [5, 5.41) is 0. The zero-order valence-electron chi connectivity index (χ0n) is 22.7. The van der Waals surface area contributed by atoms with Crippen molar-refractivity contribution in [1.29, 1.82) is 0 Å². The fraction of sp³-hybridized carbons (Fsp3) is 0.323. The second kappa shape index (κ2) is 12.7. The molecule has 4 rings (SSSR count). The molecule has 6 nitrogen and oxygen atoms in total. The predicted molar refractivity (Wildman–Crippen MR) is 160 cm³/mol. The van der Waals surface area contributed by atoms with E-state index in [0.29, 0.717) is 45.3 Å². The number of allylic oxidation sites excluding steroid dienone is 1. The summed E-state index contributed by atoms with van der Waals surface area (Å²) in [5.74, 6) is 0.627. The van der Waals surface area contributed by atoms with Gasteiger partial charge in [-0.05, 0) is 70.1 Å². The SMILES string of the molecule is C=CCOc1ccc(/C=c2\sc3n(c2=O)[C@H](c2ccc(C(C)C)cc2)C(C(=O)OCC)=C(CCC)N=3)cc1Br. The van der Waals surface area contributed by atoms with Crippen LogP contribution in [0, 0.1) is 0 Å². The number of halogens is 1. The molecule has 0 bridgehead atoms. The number of rotatable bonds is 10. The Balaban J connectivity index is 1.91. The molecule has 1 aliphatic rings. The summed E-state index contributed by atoms with van der Waals surface area (Å²) in [4.78, 5) is 32.6. The van der Waals surface area contributed by atoms with Gasteiger partial charge in [-0.2, -0.15) is 0 Å². The lowest BCUT2D eigenvalue weighted by molar-refractivity contribution is -0.139. The quantitative estimate of drug-likeness (QED) is 0.208. The third kappa shape index (κ3) is 6.17. The summed E-state index contributed by atoms with van der Waals surface area (Å²) in [7, 11) is 0. The van der Waals surface area contributed by atoms with Crippen LogP contribution < -0.4 is 19.6 Å². The normalized spacial score (nSPS) is 15.2. The molecule has 0 radical (unpaired) electrons. The minimum atomic E-state index is -0.619. The average Bonchev–Trinajstić information content (AvgIpc) is 3.22. The van der Waals surface area contributed by atoms with Crippen molar-refractivity contribution in [2.45, 2.75) is 52.5 Å². The molecule has 0 unspecified atom stereocenters. The van der Waals surface area contributed by atoms with Crippen LogP contribution >= 0.6 is 27.3 Å². The van der Waals surface area contributed by atoms with Gasteiger partial charge in [-0.1, -0.05) is 81.5 Å². The van der Waals surface area contributed by atoms with Crippen LogP contribution in [0.2, 0.25) is 0 Å². The Kier molecular flexibility index (Phi) is 9.40. The predicted octanol–water partition coefficient (Wildman–Crippen LogP) is 6.03. The van der Waals surface area contributed by atoms with Crippen LogP contribution in [0.15, 0.2) is 80.6 Å². The van der Waals surface area contributed by atoms with Gasteiger partial charge in [0, 0.05) is 0 Å². The van der Waals surface area contributed by atoms with E-state index in [1.807, 2.05) is 43.3 Å². The second-order valence-corrected chi connectivity index (χ2v) is 11.4. The van der Waals surface area contributed by atoms with Crippen LogP contribution in [0.25, 0.3) is 6.08 Å². The van der Waals surface area contributed by atoms with Crippen molar-refractivity contribution in [3.05, 3.63) is 107 Å². The molecule has 0 amide bonds. The van der Waals surface area contributed by atoms with Gasteiger partial charge >= 0.3 is 5.97 Å². The highest BCUT2D eigenvalue weighted by atomic mass is 79.9. The van der Waals surface area contributed by atoms with Crippen LogP contribution in [0.1, 0.15) is 69.2 Å². The summed E-state index contributed by atoms with van der Waals surface area (Å²) in [6.45, 7) is 12.4. The third-order valence-electron chi connectivity index (χ3n) is 6.42. The lowest BCUT2D eigenvalue weighted by atomic mass is 9.92. The topological polar surface area (TPSA) is 69.9 Å². The number of ether oxygens (including phenoxy) is 2. The smallest absolute Gasteiger partial charge is 0.338 e. The van der Waals surface area contributed by atoms with Crippen molar-refractivity contribution in [2.75, 3.05) is 13.2 Å². The lowest BCUT2D eigenvalue weighted by Gasteiger charge is -2.26. The summed E-state index contributed by atoms with van der Waals surface area (Å²) in [5.41, 5.74) is 3.79. The van der Waals surface area contributed by atoms with E-state index in [9.17, 15) is 9.59 Å². The summed E-state index contributed by atoms with van der Waals surface area (Å²) >= 11 is 4.88. The van der Waals surface area contributed by atoms with Crippen molar-refractivity contribution in [3.63, 3.8) is 0 Å². The number of benzene rings is 2. The molecule has 39 heavy (non-hydrogen) atoms. The first kappa shape index (κ1) is 28.8. The molecule has 2 aromatic carbocycles. The molecule has 1 aliphatic heterocycles. The average molecular weight is 610 g/mol. The fourth-order valence-electron chi connectivity index (χ4n) is 4.52. The van der Waals surface area contributed by atoms with Gasteiger partial charge in [-0.25, -0.2) is 9.79 Å². The molecule has 0 saturated carbocycles. The maximum atomic E-state index is 13.9. The molecular formula is C31H33BrN2O4S. The van der Waals surface area contributed by atoms with Gasteiger partial charge in [0.25, 0.3) is 5.56 Å². The van der Waals surface area contributed by atoms with Crippen LogP contribution in [0.3, 0.4) is 0 Å². The molecular weight excluding hydrogens is 576 g/mol. The molecule has 3 aromatic rings. The third-order valence-corrected chi connectivity index (χ3v) is 8.02. The molecule has 0 aliphatic carbocycles. The van der Waals surface area contributed by atoms with Crippen LogP contribution in [0.4, 0.5) is 0 Å². The van der Waals surface area contributed by atoms with Gasteiger partial charge in [-0.15, -0.1) is 0 Å². The van der Waals surface area contributed by atoms with Gasteiger partial charge in [0.1, 0.15) is 12.4 Å². The van der Waals surface area contributed by atoms with Crippen LogP contribution in [-0.2, 0) is 9.53 Å². The number of nitrogens with zero attached hydrogens (tertiary/aromatic N) is 2. The van der Waals surface area contributed by atoms with E-state index in [4.69, 9.17) is 14.5 Å². The molecule has 2 heterocycles. The fourth-order valence-corrected chi connectivity index (χ4v) is 6.05. The highest BCUT2D eigenvalue weighted by Crippen LogP contribution is 2.33. The van der Waals surface area contributed by atoms with Crippen LogP contribution in [-0.4, -0.2) is 23.8 Å². The molecule has 1 aromatic heterocycles. The van der Waals surface area contributed by atoms with Gasteiger partial charge < -0.3 is 9.47 Å². The number of carbonyl (C=O) groups is 1. The maximum Gasteiger partial charge on any atom is 0.338 e. The van der Waals surface area contributed by atoms with Crippen molar-refractivity contribution in [1.82, 2.24) is 4.57 Å². The number of carbonyl (C=O) groups excluding carboxylic acids is 1. The first-order valence-electron chi connectivity index (χ1n) is 13.1. The van der Waals surface area contributed by atoms with Gasteiger partial charge in [-0.3, -0.25) is 9.36 Å². The highest BCUT2D eigenvalue weighted by Gasteiger charge is 2.34. The summed E-state index contributed by atoms with van der Waals surface area (Å²) < 4.78 is 14.1.